The highest BCUT2D eigenvalue weighted by Crippen LogP contribution is 2.29. The number of hydrogen-bond acceptors (Lipinski definition) is 5. The average molecular weight is 338 g/mol. The SMILES string of the molecule is COc1ccc(NC(=O)c2cc(-c3ccc(C)cc3)no2)c(OC)c1. The normalized spacial score (nSPS) is 10.4. The summed E-state index contributed by atoms with van der Waals surface area (Å²) >= 11 is 0. The predicted molar refractivity (Wildman–Crippen MR) is 94.2 cm³/mol. The lowest BCUT2D eigenvalue weighted by molar-refractivity contribution is 0.0987. The number of amides is 1. The summed E-state index contributed by atoms with van der Waals surface area (Å²) in [5.74, 6) is 0.838. The number of ether oxygens (including phenoxy) is 2. The first-order valence-electron chi connectivity index (χ1n) is 7.68. The van der Waals surface area contributed by atoms with Crippen LogP contribution in [0.1, 0.15) is 16.1 Å². The number of carbonyl (C=O) groups excluding carboxylic acids is 1. The topological polar surface area (TPSA) is 73.6 Å². The van der Waals surface area contributed by atoms with Crippen LogP contribution in [-0.2, 0) is 0 Å². The summed E-state index contributed by atoms with van der Waals surface area (Å²) in [4.78, 5) is 12.4. The van der Waals surface area contributed by atoms with E-state index in [2.05, 4.69) is 10.5 Å². The molecular formula is C19H18N2O4. The number of nitrogens with one attached hydrogen (secondary N) is 1. The predicted octanol–water partition coefficient (Wildman–Crippen LogP) is 3.92. The molecule has 3 aromatic rings. The van der Waals surface area contributed by atoms with Crippen LogP contribution in [-0.4, -0.2) is 25.3 Å². The van der Waals surface area contributed by atoms with Crippen LogP contribution >= 0.6 is 0 Å². The van der Waals surface area contributed by atoms with Crippen molar-refractivity contribution in [3.8, 4) is 22.8 Å². The van der Waals surface area contributed by atoms with Gasteiger partial charge < -0.3 is 19.3 Å². The number of aromatic nitrogens is 1. The summed E-state index contributed by atoms with van der Waals surface area (Å²) in [6.07, 6.45) is 0. The molecule has 1 heterocycles. The van der Waals surface area contributed by atoms with Crippen molar-refractivity contribution >= 4 is 11.6 Å². The smallest absolute Gasteiger partial charge is 0.294 e. The highest BCUT2D eigenvalue weighted by Gasteiger charge is 2.16. The maximum Gasteiger partial charge on any atom is 0.294 e. The molecule has 0 fully saturated rings. The third kappa shape index (κ3) is 3.63. The molecule has 0 spiro atoms. The van der Waals surface area contributed by atoms with E-state index < -0.39 is 5.91 Å². The Kier molecular flexibility index (Phi) is 4.70. The zero-order valence-electron chi connectivity index (χ0n) is 14.2. The van der Waals surface area contributed by atoms with Gasteiger partial charge in [0.15, 0.2) is 0 Å². The number of rotatable bonds is 5. The summed E-state index contributed by atoms with van der Waals surface area (Å²) in [5, 5.41) is 6.71. The number of benzene rings is 2. The zero-order valence-corrected chi connectivity index (χ0v) is 14.2. The van der Waals surface area contributed by atoms with Gasteiger partial charge in [0.25, 0.3) is 5.91 Å². The Morgan fingerprint density at radius 2 is 1.80 bits per heavy atom. The second kappa shape index (κ2) is 7.09. The lowest BCUT2D eigenvalue weighted by atomic mass is 10.1. The molecule has 0 atom stereocenters. The van der Waals surface area contributed by atoms with Gasteiger partial charge in [-0.25, -0.2) is 0 Å². The van der Waals surface area contributed by atoms with Crippen LogP contribution in [0.3, 0.4) is 0 Å². The Morgan fingerprint density at radius 3 is 2.48 bits per heavy atom. The van der Waals surface area contributed by atoms with Crippen molar-refractivity contribution in [2.45, 2.75) is 6.92 Å². The average Bonchev–Trinajstić information content (AvgIpc) is 3.13. The van der Waals surface area contributed by atoms with Gasteiger partial charge in [0.1, 0.15) is 17.2 Å². The van der Waals surface area contributed by atoms with E-state index in [0.29, 0.717) is 22.9 Å². The first-order valence-corrected chi connectivity index (χ1v) is 7.68. The second-order valence-corrected chi connectivity index (χ2v) is 5.46. The molecule has 6 heteroatoms. The van der Waals surface area contributed by atoms with Crippen LogP contribution in [0.4, 0.5) is 5.69 Å². The zero-order chi connectivity index (χ0) is 17.8. The van der Waals surface area contributed by atoms with Crippen LogP contribution < -0.4 is 14.8 Å². The molecule has 1 amide bonds. The number of anilines is 1. The standard InChI is InChI=1S/C19H18N2O4/c1-12-4-6-13(7-5-12)16-11-18(25-21-16)19(22)20-15-9-8-14(23-2)10-17(15)24-3/h4-11H,1-3H3,(H,20,22). The first-order chi connectivity index (χ1) is 12.1. The third-order valence-corrected chi connectivity index (χ3v) is 3.74. The van der Waals surface area contributed by atoms with Crippen molar-refractivity contribution in [2.75, 3.05) is 19.5 Å². The molecule has 1 aromatic heterocycles. The molecule has 1 N–H and O–H groups in total. The molecule has 0 radical (unpaired) electrons. The Balaban J connectivity index is 1.79. The van der Waals surface area contributed by atoms with E-state index in [1.165, 1.54) is 7.11 Å². The minimum Gasteiger partial charge on any atom is -0.497 e. The van der Waals surface area contributed by atoms with Crippen LogP contribution in [0, 0.1) is 6.92 Å². The van der Waals surface area contributed by atoms with Gasteiger partial charge in [0.2, 0.25) is 5.76 Å². The summed E-state index contributed by atoms with van der Waals surface area (Å²) < 4.78 is 15.6. The van der Waals surface area contributed by atoms with Gasteiger partial charge in [-0.05, 0) is 19.1 Å². The molecular weight excluding hydrogens is 320 g/mol. The molecule has 0 saturated heterocycles. The Morgan fingerprint density at radius 1 is 1.04 bits per heavy atom. The number of methoxy groups -OCH3 is 2. The summed E-state index contributed by atoms with van der Waals surface area (Å²) in [6.45, 7) is 2.01. The van der Waals surface area contributed by atoms with E-state index >= 15 is 0 Å². The van der Waals surface area contributed by atoms with Crippen LogP contribution in [0.2, 0.25) is 0 Å². The summed E-state index contributed by atoms with van der Waals surface area (Å²) in [7, 11) is 3.09. The molecule has 0 saturated carbocycles. The van der Waals surface area contributed by atoms with Crippen molar-refractivity contribution in [1.29, 1.82) is 0 Å². The molecule has 0 unspecified atom stereocenters. The highest BCUT2D eigenvalue weighted by molar-refractivity contribution is 6.03. The van der Waals surface area contributed by atoms with E-state index in [9.17, 15) is 4.79 Å². The molecule has 6 nitrogen and oxygen atoms in total. The van der Waals surface area contributed by atoms with E-state index in [0.717, 1.165) is 11.1 Å². The quantitative estimate of drug-likeness (QED) is 0.763. The minimum atomic E-state index is -0.408. The van der Waals surface area contributed by atoms with Gasteiger partial charge in [-0.2, -0.15) is 0 Å². The van der Waals surface area contributed by atoms with Crippen LogP contribution in [0.5, 0.6) is 11.5 Å². The summed E-state index contributed by atoms with van der Waals surface area (Å²) in [5.41, 5.74) is 3.15. The van der Waals surface area contributed by atoms with Gasteiger partial charge in [0, 0.05) is 17.7 Å². The Hall–Kier alpha value is -3.28. The van der Waals surface area contributed by atoms with Crippen molar-refractivity contribution in [3.05, 3.63) is 59.9 Å². The van der Waals surface area contributed by atoms with Crippen LogP contribution in [0.15, 0.2) is 53.1 Å². The highest BCUT2D eigenvalue weighted by atomic mass is 16.5. The van der Waals surface area contributed by atoms with E-state index in [1.54, 1.807) is 31.4 Å². The van der Waals surface area contributed by atoms with Gasteiger partial charge in [-0.15, -0.1) is 0 Å². The monoisotopic (exact) mass is 338 g/mol. The number of aryl methyl sites for hydroxylation is 1. The van der Waals surface area contributed by atoms with Crippen molar-refractivity contribution in [1.82, 2.24) is 5.16 Å². The molecule has 0 aliphatic heterocycles. The van der Waals surface area contributed by atoms with Gasteiger partial charge >= 0.3 is 0 Å². The summed E-state index contributed by atoms with van der Waals surface area (Å²) in [6, 6.07) is 14.5. The van der Waals surface area contributed by atoms with E-state index in [-0.39, 0.29) is 5.76 Å². The molecule has 3 rings (SSSR count). The maximum atomic E-state index is 12.4. The van der Waals surface area contributed by atoms with Crippen LogP contribution in [0.25, 0.3) is 11.3 Å². The van der Waals surface area contributed by atoms with Gasteiger partial charge in [-0.3, -0.25) is 4.79 Å². The van der Waals surface area contributed by atoms with Crippen molar-refractivity contribution in [2.24, 2.45) is 0 Å². The third-order valence-electron chi connectivity index (χ3n) is 3.74. The number of carbonyl (C=O) groups is 1. The lowest BCUT2D eigenvalue weighted by Crippen LogP contribution is -2.11. The maximum absolute atomic E-state index is 12.4. The first kappa shape index (κ1) is 16.6. The van der Waals surface area contributed by atoms with E-state index in [4.69, 9.17) is 14.0 Å². The number of nitrogens with zero attached hydrogens (tertiary/aromatic N) is 1. The number of hydrogen-bond donors (Lipinski definition) is 1. The molecule has 0 aliphatic rings. The molecule has 128 valence electrons. The fourth-order valence-corrected chi connectivity index (χ4v) is 2.33. The molecule has 0 bridgehead atoms. The fourth-order valence-electron chi connectivity index (χ4n) is 2.33. The lowest BCUT2D eigenvalue weighted by Gasteiger charge is -2.10. The second-order valence-electron chi connectivity index (χ2n) is 5.46. The van der Waals surface area contributed by atoms with E-state index in [1.807, 2.05) is 31.2 Å². The Labute approximate surface area is 145 Å². The van der Waals surface area contributed by atoms with Gasteiger partial charge in [-0.1, -0.05) is 35.0 Å². The van der Waals surface area contributed by atoms with Crippen molar-refractivity contribution < 1.29 is 18.8 Å². The minimum absolute atomic E-state index is 0.119. The fraction of sp³-hybridized carbons (Fsp3) is 0.158. The Bertz CT molecular complexity index is 885. The largest absolute Gasteiger partial charge is 0.497 e. The molecule has 25 heavy (non-hydrogen) atoms. The molecule has 0 aliphatic carbocycles. The molecule has 2 aromatic carbocycles. The van der Waals surface area contributed by atoms with Crippen molar-refractivity contribution in [3.63, 3.8) is 0 Å². The van der Waals surface area contributed by atoms with Gasteiger partial charge in [0.05, 0.1) is 19.9 Å².